The number of thiazole rings is 1. The lowest BCUT2D eigenvalue weighted by Crippen LogP contribution is -2.51. The third kappa shape index (κ3) is 3.41. The number of nitrogens with one attached hydrogen (secondary N) is 1. The molecule has 1 aromatic carbocycles. The SMILES string of the molecule is O=C(CSCc1cc(=O)n2ccsc2n1)NC1(c2ccccc2)CCC1. The molecule has 2 aromatic heterocycles. The number of thioether (sulfide) groups is 1. The number of aromatic nitrogens is 2. The van der Waals surface area contributed by atoms with Gasteiger partial charge >= 0.3 is 0 Å². The molecule has 4 rings (SSSR count). The zero-order valence-corrected chi connectivity index (χ0v) is 15.8. The number of amides is 1. The summed E-state index contributed by atoms with van der Waals surface area (Å²) in [5, 5.41) is 5.07. The first-order valence-electron chi connectivity index (χ1n) is 8.56. The number of hydrogen-bond donors (Lipinski definition) is 1. The molecule has 1 amide bonds. The molecular weight excluding hydrogens is 366 g/mol. The second-order valence-corrected chi connectivity index (χ2v) is 8.34. The van der Waals surface area contributed by atoms with E-state index in [-0.39, 0.29) is 17.0 Å². The van der Waals surface area contributed by atoms with E-state index >= 15 is 0 Å². The molecule has 2 heterocycles. The maximum atomic E-state index is 12.4. The summed E-state index contributed by atoms with van der Waals surface area (Å²) in [5.41, 5.74) is 1.62. The monoisotopic (exact) mass is 385 g/mol. The van der Waals surface area contributed by atoms with Crippen LogP contribution < -0.4 is 10.9 Å². The Balaban J connectivity index is 1.36. The first kappa shape index (κ1) is 17.3. The Morgan fingerprint density at radius 2 is 2.12 bits per heavy atom. The van der Waals surface area contributed by atoms with Crippen molar-refractivity contribution in [1.29, 1.82) is 0 Å². The van der Waals surface area contributed by atoms with Crippen LogP contribution in [-0.4, -0.2) is 21.0 Å². The van der Waals surface area contributed by atoms with Crippen LogP contribution in [0.25, 0.3) is 4.96 Å². The maximum Gasteiger partial charge on any atom is 0.258 e. The Labute approximate surface area is 159 Å². The molecule has 0 spiro atoms. The van der Waals surface area contributed by atoms with E-state index in [1.54, 1.807) is 12.3 Å². The molecule has 0 radical (unpaired) electrons. The van der Waals surface area contributed by atoms with Crippen LogP contribution in [0.2, 0.25) is 0 Å². The van der Waals surface area contributed by atoms with Gasteiger partial charge in [0.15, 0.2) is 4.96 Å². The molecule has 134 valence electrons. The van der Waals surface area contributed by atoms with Crippen molar-refractivity contribution in [2.45, 2.75) is 30.6 Å². The first-order chi connectivity index (χ1) is 12.7. The largest absolute Gasteiger partial charge is 0.346 e. The van der Waals surface area contributed by atoms with Crippen molar-refractivity contribution in [2.75, 3.05) is 5.75 Å². The third-order valence-corrected chi connectivity index (χ3v) is 6.47. The molecule has 0 bridgehead atoms. The highest BCUT2D eigenvalue weighted by molar-refractivity contribution is 7.99. The minimum Gasteiger partial charge on any atom is -0.346 e. The number of rotatable bonds is 6. The van der Waals surface area contributed by atoms with Gasteiger partial charge in [0.2, 0.25) is 5.91 Å². The fourth-order valence-corrected chi connectivity index (χ4v) is 4.74. The number of fused-ring (bicyclic) bond motifs is 1. The van der Waals surface area contributed by atoms with Crippen LogP contribution in [0.4, 0.5) is 0 Å². The van der Waals surface area contributed by atoms with E-state index in [9.17, 15) is 9.59 Å². The average Bonchev–Trinajstić information content (AvgIpc) is 3.08. The number of carbonyl (C=O) groups is 1. The molecule has 0 unspecified atom stereocenters. The summed E-state index contributed by atoms with van der Waals surface area (Å²) in [7, 11) is 0. The Morgan fingerprint density at radius 3 is 2.85 bits per heavy atom. The van der Waals surface area contributed by atoms with Crippen molar-refractivity contribution in [3.63, 3.8) is 0 Å². The molecule has 1 fully saturated rings. The van der Waals surface area contributed by atoms with Gasteiger partial charge in [-0.15, -0.1) is 23.1 Å². The normalized spacial score (nSPS) is 15.5. The molecule has 1 saturated carbocycles. The molecule has 0 atom stereocenters. The Morgan fingerprint density at radius 1 is 1.31 bits per heavy atom. The third-order valence-electron chi connectivity index (χ3n) is 4.75. The molecule has 0 saturated heterocycles. The van der Waals surface area contributed by atoms with Crippen LogP contribution in [0, 0.1) is 0 Å². The van der Waals surface area contributed by atoms with Gasteiger partial charge in [0, 0.05) is 23.4 Å². The van der Waals surface area contributed by atoms with Crippen LogP contribution in [0.1, 0.15) is 30.5 Å². The van der Waals surface area contributed by atoms with Crippen molar-refractivity contribution in [3.8, 4) is 0 Å². The minimum absolute atomic E-state index is 0.0347. The molecule has 7 heteroatoms. The van der Waals surface area contributed by atoms with Gasteiger partial charge in [-0.05, 0) is 24.8 Å². The number of hydrogen-bond acceptors (Lipinski definition) is 5. The van der Waals surface area contributed by atoms with Gasteiger partial charge in [0.1, 0.15) is 0 Å². The smallest absolute Gasteiger partial charge is 0.258 e. The molecule has 5 nitrogen and oxygen atoms in total. The van der Waals surface area contributed by atoms with Crippen molar-refractivity contribution in [2.24, 2.45) is 0 Å². The van der Waals surface area contributed by atoms with Crippen LogP contribution in [0.5, 0.6) is 0 Å². The van der Waals surface area contributed by atoms with E-state index in [1.165, 1.54) is 33.1 Å². The fourth-order valence-electron chi connectivity index (χ4n) is 3.29. The predicted molar refractivity (Wildman–Crippen MR) is 106 cm³/mol. The van der Waals surface area contributed by atoms with Crippen LogP contribution in [0.3, 0.4) is 0 Å². The van der Waals surface area contributed by atoms with Gasteiger partial charge in [-0.2, -0.15) is 0 Å². The predicted octanol–water partition coefficient (Wildman–Crippen LogP) is 3.18. The van der Waals surface area contributed by atoms with Crippen molar-refractivity contribution in [1.82, 2.24) is 14.7 Å². The highest BCUT2D eigenvalue weighted by atomic mass is 32.2. The Kier molecular flexibility index (Phi) is 4.82. The van der Waals surface area contributed by atoms with E-state index < -0.39 is 0 Å². The summed E-state index contributed by atoms with van der Waals surface area (Å²) in [6.45, 7) is 0. The Hall–Kier alpha value is -2.12. The summed E-state index contributed by atoms with van der Waals surface area (Å²) in [6, 6.07) is 11.7. The standard InChI is InChI=1S/C19H19N3O2S2/c23-16(21-19(7-4-8-19)14-5-2-1-3-6-14)13-25-12-15-11-17(24)22-9-10-26-18(22)20-15/h1-3,5-6,9-11H,4,7-8,12-13H2,(H,21,23). The lowest BCUT2D eigenvalue weighted by molar-refractivity contribution is -0.121. The second-order valence-electron chi connectivity index (χ2n) is 6.48. The van der Waals surface area contributed by atoms with Crippen molar-refractivity contribution in [3.05, 3.63) is 69.6 Å². The number of benzene rings is 1. The van der Waals surface area contributed by atoms with Crippen LogP contribution in [-0.2, 0) is 16.1 Å². The van der Waals surface area contributed by atoms with Crippen molar-refractivity contribution < 1.29 is 4.79 Å². The van der Waals surface area contributed by atoms with Gasteiger partial charge in [-0.25, -0.2) is 4.98 Å². The quantitative estimate of drug-likeness (QED) is 0.708. The number of carbonyl (C=O) groups excluding carboxylic acids is 1. The molecule has 3 aromatic rings. The molecule has 1 aliphatic rings. The van der Waals surface area contributed by atoms with E-state index in [2.05, 4.69) is 22.4 Å². The summed E-state index contributed by atoms with van der Waals surface area (Å²) in [6.07, 6.45) is 4.83. The van der Waals surface area contributed by atoms with Crippen LogP contribution in [0.15, 0.2) is 52.8 Å². The molecular formula is C19H19N3O2S2. The number of nitrogens with zero attached hydrogens (tertiary/aromatic N) is 2. The van der Waals surface area contributed by atoms with E-state index in [1.807, 2.05) is 23.6 Å². The summed E-state index contributed by atoms with van der Waals surface area (Å²) in [5.74, 6) is 0.947. The molecule has 0 aliphatic heterocycles. The molecule has 26 heavy (non-hydrogen) atoms. The zero-order valence-electron chi connectivity index (χ0n) is 14.2. The average molecular weight is 386 g/mol. The summed E-state index contributed by atoms with van der Waals surface area (Å²) >= 11 is 2.92. The highest BCUT2D eigenvalue weighted by Gasteiger charge is 2.39. The van der Waals surface area contributed by atoms with Crippen molar-refractivity contribution >= 4 is 34.0 Å². The van der Waals surface area contributed by atoms with Gasteiger partial charge in [-0.1, -0.05) is 30.3 Å². The van der Waals surface area contributed by atoms with Gasteiger partial charge in [0.05, 0.1) is 17.0 Å². The summed E-state index contributed by atoms with van der Waals surface area (Å²) < 4.78 is 1.53. The summed E-state index contributed by atoms with van der Waals surface area (Å²) in [4.78, 5) is 29.6. The van der Waals surface area contributed by atoms with E-state index in [4.69, 9.17) is 0 Å². The fraction of sp³-hybridized carbons (Fsp3) is 0.316. The second kappa shape index (κ2) is 7.25. The highest BCUT2D eigenvalue weighted by Crippen LogP contribution is 2.41. The topological polar surface area (TPSA) is 63.5 Å². The van der Waals surface area contributed by atoms with Gasteiger partial charge in [-0.3, -0.25) is 14.0 Å². The van der Waals surface area contributed by atoms with Gasteiger partial charge in [0.25, 0.3) is 5.56 Å². The van der Waals surface area contributed by atoms with Gasteiger partial charge < -0.3 is 5.32 Å². The lowest BCUT2D eigenvalue weighted by Gasteiger charge is -2.43. The maximum absolute atomic E-state index is 12.4. The molecule has 1 N–H and O–H groups in total. The zero-order chi connectivity index (χ0) is 18.0. The van der Waals surface area contributed by atoms with E-state index in [0.717, 1.165) is 25.0 Å². The van der Waals surface area contributed by atoms with E-state index in [0.29, 0.717) is 16.5 Å². The lowest BCUT2D eigenvalue weighted by atomic mass is 9.72. The Bertz CT molecular complexity index is 977. The first-order valence-corrected chi connectivity index (χ1v) is 10.6. The van der Waals surface area contributed by atoms with Crippen LogP contribution >= 0.6 is 23.1 Å². The molecule has 1 aliphatic carbocycles. The minimum atomic E-state index is -0.203.